The van der Waals surface area contributed by atoms with E-state index in [9.17, 15) is 4.79 Å². The molecule has 0 aromatic heterocycles. The monoisotopic (exact) mass is 307 g/mol. The minimum atomic E-state index is 0.648. The molecule has 0 saturated heterocycles. The second-order valence-electron chi connectivity index (χ2n) is 3.54. The normalized spacial score (nSPS) is 9.95. The first kappa shape index (κ1) is 28.3. The zero-order valence-electron chi connectivity index (χ0n) is 15.8. The lowest BCUT2D eigenvalue weighted by atomic mass is 10.2. The van der Waals surface area contributed by atoms with Crippen molar-refractivity contribution < 1.29 is 4.79 Å². The van der Waals surface area contributed by atoms with Crippen LogP contribution in [0.2, 0.25) is 0 Å². The fourth-order valence-corrected chi connectivity index (χ4v) is 1.04. The first-order chi connectivity index (χ1) is 10.7. The average molecular weight is 308 g/mol. The highest BCUT2D eigenvalue weighted by atomic mass is 16.1. The predicted molar refractivity (Wildman–Crippen MR) is 104 cm³/mol. The van der Waals surface area contributed by atoms with Crippen LogP contribution < -0.4 is 5.32 Å². The number of allylic oxidation sites excluding steroid dienone is 7. The summed E-state index contributed by atoms with van der Waals surface area (Å²) in [7, 11) is 0. The number of hydrogen-bond acceptors (Lipinski definition) is 1. The standard InChI is InChI=1S/C9H13NO.C7H12.2C2H6/c1-3-5-9(4-2)6-7-10-8-11;1-4-6-7(3)5-2;2*1-2/h3-5,8H,1-2,6-7H2,(H,10,11);4-6H,1-3H3;2*1-2H3/b9-5+;6-4-,7-5-;;. The number of carbonyl (C=O) groups is 1. The van der Waals surface area contributed by atoms with E-state index in [1.54, 1.807) is 12.2 Å². The zero-order chi connectivity index (χ0) is 18.2. The molecule has 2 heteroatoms. The molecule has 2 nitrogen and oxygen atoms in total. The molecule has 0 aliphatic heterocycles. The largest absolute Gasteiger partial charge is 0.358 e. The summed E-state index contributed by atoms with van der Waals surface area (Å²) in [5.74, 6) is 0. The summed E-state index contributed by atoms with van der Waals surface area (Å²) in [6, 6.07) is 0. The van der Waals surface area contributed by atoms with Gasteiger partial charge in [0, 0.05) is 6.54 Å². The Morgan fingerprint density at radius 1 is 1.09 bits per heavy atom. The summed E-state index contributed by atoms with van der Waals surface area (Å²) in [6.45, 7) is 22.0. The Morgan fingerprint density at radius 2 is 1.64 bits per heavy atom. The molecule has 0 aromatic rings. The second-order valence-corrected chi connectivity index (χ2v) is 3.54. The summed E-state index contributed by atoms with van der Waals surface area (Å²) in [5.41, 5.74) is 2.40. The van der Waals surface area contributed by atoms with Gasteiger partial charge in [-0.3, -0.25) is 4.79 Å². The molecule has 22 heavy (non-hydrogen) atoms. The molecule has 0 saturated carbocycles. The third-order valence-corrected chi connectivity index (χ3v) is 2.12. The van der Waals surface area contributed by atoms with Crippen molar-refractivity contribution in [2.45, 2.75) is 54.9 Å². The summed E-state index contributed by atoms with van der Waals surface area (Å²) < 4.78 is 0. The van der Waals surface area contributed by atoms with Crippen LogP contribution in [0.15, 0.2) is 60.8 Å². The summed E-state index contributed by atoms with van der Waals surface area (Å²) in [6.07, 6.45) is 13.0. The van der Waals surface area contributed by atoms with Gasteiger partial charge in [-0.1, -0.05) is 82.9 Å². The SMILES string of the molecule is C/C=C\C(C)=C/C.C=C/C=C(\C=C)CCNC=O.CC.CC. The molecule has 0 radical (unpaired) electrons. The van der Waals surface area contributed by atoms with Crippen molar-refractivity contribution >= 4 is 6.41 Å². The highest BCUT2D eigenvalue weighted by molar-refractivity contribution is 5.45. The maximum atomic E-state index is 9.86. The van der Waals surface area contributed by atoms with Crippen LogP contribution in [0.4, 0.5) is 0 Å². The Labute approximate surface area is 139 Å². The third-order valence-electron chi connectivity index (χ3n) is 2.12. The van der Waals surface area contributed by atoms with Crippen LogP contribution in [0.3, 0.4) is 0 Å². The van der Waals surface area contributed by atoms with E-state index in [1.807, 2.05) is 53.7 Å². The third kappa shape index (κ3) is 30.9. The van der Waals surface area contributed by atoms with Crippen LogP contribution in [0, 0.1) is 0 Å². The average Bonchev–Trinajstić information content (AvgIpc) is 2.58. The molecule has 0 rings (SSSR count). The van der Waals surface area contributed by atoms with E-state index >= 15 is 0 Å². The van der Waals surface area contributed by atoms with E-state index in [1.165, 1.54) is 5.57 Å². The number of hydrogen-bond donors (Lipinski definition) is 1. The fourth-order valence-electron chi connectivity index (χ4n) is 1.04. The van der Waals surface area contributed by atoms with Gasteiger partial charge in [0.15, 0.2) is 0 Å². The van der Waals surface area contributed by atoms with Gasteiger partial charge in [0.1, 0.15) is 0 Å². The molecule has 0 atom stereocenters. The zero-order valence-corrected chi connectivity index (χ0v) is 15.8. The van der Waals surface area contributed by atoms with E-state index in [2.05, 4.69) is 37.6 Å². The Kier molecular flexibility index (Phi) is 40.6. The molecule has 1 N–H and O–H groups in total. The molecular weight excluding hydrogens is 270 g/mol. The number of nitrogens with one attached hydrogen (secondary N) is 1. The number of carbonyl (C=O) groups excluding carboxylic acids is 1. The van der Waals surface area contributed by atoms with Crippen molar-refractivity contribution in [3.63, 3.8) is 0 Å². The maximum Gasteiger partial charge on any atom is 0.207 e. The van der Waals surface area contributed by atoms with Gasteiger partial charge in [-0.25, -0.2) is 0 Å². The van der Waals surface area contributed by atoms with E-state index in [-0.39, 0.29) is 0 Å². The van der Waals surface area contributed by atoms with Gasteiger partial charge in [-0.15, -0.1) is 0 Å². The van der Waals surface area contributed by atoms with Crippen LogP contribution in [0.5, 0.6) is 0 Å². The van der Waals surface area contributed by atoms with Crippen molar-refractivity contribution in [3.8, 4) is 0 Å². The number of rotatable bonds is 7. The van der Waals surface area contributed by atoms with Gasteiger partial charge < -0.3 is 5.32 Å². The van der Waals surface area contributed by atoms with Crippen LogP contribution in [-0.4, -0.2) is 13.0 Å². The highest BCUT2D eigenvalue weighted by Crippen LogP contribution is 2.00. The van der Waals surface area contributed by atoms with Crippen LogP contribution in [0.25, 0.3) is 0 Å². The Balaban J connectivity index is -0.000000127. The predicted octanol–water partition coefficient (Wildman–Crippen LogP) is 6.00. The van der Waals surface area contributed by atoms with Gasteiger partial charge in [0.2, 0.25) is 6.41 Å². The minimum absolute atomic E-state index is 0.648. The lowest BCUT2D eigenvalue weighted by Gasteiger charge is -1.98. The lowest BCUT2D eigenvalue weighted by molar-refractivity contribution is -0.109. The molecule has 0 heterocycles. The summed E-state index contributed by atoms with van der Waals surface area (Å²) >= 11 is 0. The Morgan fingerprint density at radius 3 is 1.91 bits per heavy atom. The van der Waals surface area contributed by atoms with Crippen LogP contribution in [0.1, 0.15) is 54.9 Å². The topological polar surface area (TPSA) is 29.1 Å². The molecule has 128 valence electrons. The van der Waals surface area contributed by atoms with Crippen molar-refractivity contribution in [1.82, 2.24) is 5.32 Å². The van der Waals surface area contributed by atoms with E-state index in [0.717, 1.165) is 12.0 Å². The molecule has 0 fully saturated rings. The van der Waals surface area contributed by atoms with Gasteiger partial charge >= 0.3 is 0 Å². The van der Waals surface area contributed by atoms with Gasteiger partial charge in [0.05, 0.1) is 0 Å². The van der Waals surface area contributed by atoms with E-state index < -0.39 is 0 Å². The van der Waals surface area contributed by atoms with Crippen molar-refractivity contribution in [1.29, 1.82) is 0 Å². The summed E-state index contributed by atoms with van der Waals surface area (Å²) in [4.78, 5) is 9.86. The first-order valence-electron chi connectivity index (χ1n) is 8.02. The van der Waals surface area contributed by atoms with Crippen molar-refractivity contribution in [2.24, 2.45) is 0 Å². The highest BCUT2D eigenvalue weighted by Gasteiger charge is 1.88. The van der Waals surface area contributed by atoms with Gasteiger partial charge in [-0.2, -0.15) is 0 Å². The lowest BCUT2D eigenvalue weighted by Crippen LogP contribution is -2.12. The van der Waals surface area contributed by atoms with Gasteiger partial charge in [0.25, 0.3) is 0 Å². The molecule has 0 unspecified atom stereocenters. The minimum Gasteiger partial charge on any atom is -0.358 e. The summed E-state index contributed by atoms with van der Waals surface area (Å²) in [5, 5.41) is 2.57. The molecule has 0 aromatic carbocycles. The molecule has 0 aliphatic carbocycles. The van der Waals surface area contributed by atoms with Crippen molar-refractivity contribution in [2.75, 3.05) is 6.54 Å². The maximum absolute atomic E-state index is 9.86. The van der Waals surface area contributed by atoms with Crippen molar-refractivity contribution in [3.05, 3.63) is 60.8 Å². The molecular formula is C20H37NO. The molecule has 1 amide bonds. The Bertz CT molecular complexity index is 323. The molecule has 0 bridgehead atoms. The molecule has 0 aliphatic rings. The smallest absolute Gasteiger partial charge is 0.207 e. The van der Waals surface area contributed by atoms with E-state index in [4.69, 9.17) is 0 Å². The van der Waals surface area contributed by atoms with E-state index in [0.29, 0.717) is 13.0 Å². The molecule has 0 spiro atoms. The van der Waals surface area contributed by atoms with Crippen LogP contribution >= 0.6 is 0 Å². The second kappa shape index (κ2) is 31.5. The first-order valence-corrected chi connectivity index (χ1v) is 8.02. The number of amides is 1. The van der Waals surface area contributed by atoms with Gasteiger partial charge in [-0.05, 0) is 32.8 Å². The Hall–Kier alpha value is -1.83. The van der Waals surface area contributed by atoms with Crippen LogP contribution in [-0.2, 0) is 4.79 Å². The quantitative estimate of drug-likeness (QED) is 0.349. The fraction of sp³-hybridized carbons (Fsp3) is 0.450.